The average Bonchev–Trinajstić information content (AvgIpc) is 2.69. The molecule has 0 atom stereocenters. The summed E-state index contributed by atoms with van der Waals surface area (Å²) in [6.07, 6.45) is -0.0120. The van der Waals surface area contributed by atoms with E-state index in [4.69, 9.17) is 10.00 Å². The third-order valence-corrected chi connectivity index (χ3v) is 3.66. The first-order valence-electron chi connectivity index (χ1n) is 8.29. The number of hydrazine groups is 1. The number of benzene rings is 2. The third-order valence-electron chi connectivity index (χ3n) is 3.66. The molecule has 0 aliphatic rings. The monoisotopic (exact) mass is 365 g/mol. The second-order valence-corrected chi connectivity index (χ2v) is 5.78. The Morgan fingerprint density at radius 2 is 1.63 bits per heavy atom. The summed E-state index contributed by atoms with van der Waals surface area (Å²) >= 11 is 0. The van der Waals surface area contributed by atoms with Gasteiger partial charge in [0.15, 0.2) is 12.4 Å². The maximum absolute atomic E-state index is 12.0. The number of Topliss-reactive ketones (excluding diaryl/α,β-unsaturated/α-hetero) is 1. The van der Waals surface area contributed by atoms with E-state index in [1.807, 2.05) is 25.1 Å². The molecule has 0 unspecified atom stereocenters. The minimum Gasteiger partial charge on any atom is -0.482 e. The zero-order valence-electron chi connectivity index (χ0n) is 14.8. The van der Waals surface area contributed by atoms with Crippen LogP contribution in [0.3, 0.4) is 0 Å². The number of nitriles is 1. The van der Waals surface area contributed by atoms with Gasteiger partial charge in [0, 0.05) is 18.4 Å². The maximum atomic E-state index is 12.0. The summed E-state index contributed by atoms with van der Waals surface area (Å²) in [6, 6.07) is 15.6. The fourth-order valence-electron chi connectivity index (χ4n) is 2.18. The molecule has 0 fully saturated rings. The molecular weight excluding hydrogens is 346 g/mol. The summed E-state index contributed by atoms with van der Waals surface area (Å²) in [4.78, 5) is 35.5. The van der Waals surface area contributed by atoms with Crippen molar-refractivity contribution in [3.8, 4) is 11.8 Å². The second kappa shape index (κ2) is 9.73. The Bertz CT molecular complexity index is 870. The molecule has 7 nitrogen and oxygen atoms in total. The van der Waals surface area contributed by atoms with Gasteiger partial charge in [-0.2, -0.15) is 5.26 Å². The fraction of sp³-hybridized carbons (Fsp3) is 0.200. The predicted octanol–water partition coefficient (Wildman–Crippen LogP) is 2.06. The molecule has 2 rings (SSSR count). The van der Waals surface area contributed by atoms with Gasteiger partial charge in [0.2, 0.25) is 5.91 Å². The zero-order chi connectivity index (χ0) is 19.6. The lowest BCUT2D eigenvalue weighted by atomic mass is 10.1. The molecule has 0 spiro atoms. The van der Waals surface area contributed by atoms with Gasteiger partial charge in [-0.15, -0.1) is 0 Å². The van der Waals surface area contributed by atoms with Gasteiger partial charge in [0.25, 0.3) is 5.91 Å². The number of carbonyl (C=O) groups excluding carboxylic acids is 3. The van der Waals surface area contributed by atoms with Gasteiger partial charge in [-0.1, -0.05) is 42.0 Å². The topological polar surface area (TPSA) is 108 Å². The predicted molar refractivity (Wildman–Crippen MR) is 97.7 cm³/mol. The van der Waals surface area contributed by atoms with Gasteiger partial charge in [-0.3, -0.25) is 25.2 Å². The smallest absolute Gasteiger partial charge is 0.276 e. The van der Waals surface area contributed by atoms with Gasteiger partial charge in [0.1, 0.15) is 11.8 Å². The molecule has 138 valence electrons. The summed E-state index contributed by atoms with van der Waals surface area (Å²) in [5, 5.41) is 8.94. The SMILES string of the molecule is Cc1ccc(C(=O)CCC(=O)NNC(=O)COc2ccccc2C#N)cc1. The summed E-state index contributed by atoms with van der Waals surface area (Å²) < 4.78 is 5.25. The van der Waals surface area contributed by atoms with E-state index in [9.17, 15) is 14.4 Å². The number of para-hydroxylation sites is 1. The third kappa shape index (κ3) is 6.29. The molecule has 0 aliphatic carbocycles. The van der Waals surface area contributed by atoms with E-state index in [1.165, 1.54) is 0 Å². The highest BCUT2D eigenvalue weighted by atomic mass is 16.5. The highest BCUT2D eigenvalue weighted by Gasteiger charge is 2.11. The molecule has 0 bridgehead atoms. The van der Waals surface area contributed by atoms with E-state index in [1.54, 1.807) is 36.4 Å². The van der Waals surface area contributed by atoms with Crippen LogP contribution in [0.1, 0.15) is 34.3 Å². The number of amides is 2. The van der Waals surface area contributed by atoms with Crippen LogP contribution < -0.4 is 15.6 Å². The number of ketones is 1. The second-order valence-electron chi connectivity index (χ2n) is 5.78. The van der Waals surface area contributed by atoms with E-state index in [0.717, 1.165) is 5.56 Å². The van der Waals surface area contributed by atoms with Crippen molar-refractivity contribution in [2.75, 3.05) is 6.61 Å². The molecule has 0 aromatic heterocycles. The van der Waals surface area contributed by atoms with Gasteiger partial charge in [-0.05, 0) is 19.1 Å². The van der Waals surface area contributed by atoms with E-state index in [-0.39, 0.29) is 31.0 Å². The maximum Gasteiger partial charge on any atom is 0.276 e. The van der Waals surface area contributed by atoms with Crippen molar-refractivity contribution in [2.45, 2.75) is 19.8 Å². The van der Waals surface area contributed by atoms with E-state index in [0.29, 0.717) is 11.1 Å². The lowest BCUT2D eigenvalue weighted by Crippen LogP contribution is -2.43. The summed E-state index contributed by atoms with van der Waals surface area (Å²) in [6.45, 7) is 1.56. The van der Waals surface area contributed by atoms with Crippen molar-refractivity contribution in [2.24, 2.45) is 0 Å². The van der Waals surface area contributed by atoms with E-state index < -0.39 is 11.8 Å². The molecule has 0 saturated carbocycles. The first-order chi connectivity index (χ1) is 13.0. The number of ether oxygens (including phenoxy) is 1. The minimum atomic E-state index is -0.582. The highest BCUT2D eigenvalue weighted by Crippen LogP contribution is 2.16. The quantitative estimate of drug-likeness (QED) is 0.577. The van der Waals surface area contributed by atoms with Crippen LogP contribution in [0.15, 0.2) is 48.5 Å². The number of hydrogen-bond donors (Lipinski definition) is 2. The Kier molecular flexibility index (Phi) is 7.08. The lowest BCUT2D eigenvalue weighted by molar-refractivity contribution is -0.130. The van der Waals surface area contributed by atoms with Crippen LogP contribution in [0, 0.1) is 18.3 Å². The Balaban J connectivity index is 1.70. The fourth-order valence-corrected chi connectivity index (χ4v) is 2.18. The minimum absolute atomic E-state index is 0.0385. The number of nitrogens with one attached hydrogen (secondary N) is 2. The zero-order valence-corrected chi connectivity index (χ0v) is 14.8. The first-order valence-corrected chi connectivity index (χ1v) is 8.29. The molecule has 0 radical (unpaired) electrons. The standard InChI is InChI=1S/C20H19N3O4/c1-14-6-8-15(9-7-14)17(24)10-11-19(25)22-23-20(26)13-27-18-5-3-2-4-16(18)12-21/h2-9H,10-11,13H2,1H3,(H,22,25)(H,23,26). The molecule has 27 heavy (non-hydrogen) atoms. The highest BCUT2D eigenvalue weighted by molar-refractivity contribution is 5.98. The molecule has 0 heterocycles. The van der Waals surface area contributed by atoms with Crippen molar-refractivity contribution >= 4 is 17.6 Å². The van der Waals surface area contributed by atoms with Crippen molar-refractivity contribution in [1.82, 2.24) is 10.9 Å². The molecule has 2 aromatic rings. The Morgan fingerprint density at radius 3 is 2.33 bits per heavy atom. The molecular formula is C20H19N3O4. The largest absolute Gasteiger partial charge is 0.482 e. The summed E-state index contributed by atoms with van der Waals surface area (Å²) in [7, 11) is 0. The number of rotatable bonds is 7. The van der Waals surface area contributed by atoms with Crippen LogP contribution in [0.5, 0.6) is 5.75 Å². The van der Waals surface area contributed by atoms with Crippen LogP contribution in [-0.4, -0.2) is 24.2 Å². The molecule has 2 amide bonds. The Labute approximate surface area is 156 Å². The normalized spacial score (nSPS) is 9.78. The van der Waals surface area contributed by atoms with Crippen LogP contribution in [0.4, 0.5) is 0 Å². The number of carbonyl (C=O) groups is 3. The average molecular weight is 365 g/mol. The van der Waals surface area contributed by atoms with Crippen molar-refractivity contribution in [3.63, 3.8) is 0 Å². The lowest BCUT2D eigenvalue weighted by Gasteiger charge is -2.09. The Morgan fingerprint density at radius 1 is 0.963 bits per heavy atom. The molecule has 7 heteroatoms. The van der Waals surface area contributed by atoms with Crippen LogP contribution in [-0.2, 0) is 9.59 Å². The number of nitrogens with zero attached hydrogens (tertiary/aromatic N) is 1. The van der Waals surface area contributed by atoms with Crippen LogP contribution in [0.2, 0.25) is 0 Å². The molecule has 0 aliphatic heterocycles. The van der Waals surface area contributed by atoms with E-state index in [2.05, 4.69) is 10.9 Å². The van der Waals surface area contributed by atoms with Crippen LogP contribution in [0.25, 0.3) is 0 Å². The van der Waals surface area contributed by atoms with Crippen molar-refractivity contribution in [3.05, 3.63) is 65.2 Å². The van der Waals surface area contributed by atoms with E-state index >= 15 is 0 Å². The number of aryl methyl sites for hydroxylation is 1. The van der Waals surface area contributed by atoms with Crippen molar-refractivity contribution in [1.29, 1.82) is 5.26 Å². The molecule has 0 saturated heterocycles. The summed E-state index contributed by atoms with van der Waals surface area (Å²) in [5.74, 6) is -0.930. The van der Waals surface area contributed by atoms with Crippen LogP contribution >= 0.6 is 0 Å². The molecule has 2 N–H and O–H groups in total. The Hall–Kier alpha value is -3.66. The van der Waals surface area contributed by atoms with Gasteiger partial charge >= 0.3 is 0 Å². The molecule has 2 aromatic carbocycles. The summed E-state index contributed by atoms with van der Waals surface area (Å²) in [5.41, 5.74) is 6.33. The van der Waals surface area contributed by atoms with Gasteiger partial charge in [-0.25, -0.2) is 0 Å². The van der Waals surface area contributed by atoms with Gasteiger partial charge < -0.3 is 4.74 Å². The first kappa shape index (κ1) is 19.7. The number of hydrogen-bond acceptors (Lipinski definition) is 5. The van der Waals surface area contributed by atoms with Crippen molar-refractivity contribution < 1.29 is 19.1 Å². The van der Waals surface area contributed by atoms with Gasteiger partial charge in [0.05, 0.1) is 5.56 Å².